The van der Waals surface area contributed by atoms with Crippen LogP contribution in [0, 0.1) is 6.92 Å². The number of pyridine rings is 1. The van der Waals surface area contributed by atoms with Gasteiger partial charge in [0.2, 0.25) is 0 Å². The van der Waals surface area contributed by atoms with Crippen molar-refractivity contribution >= 4 is 34.2 Å². The lowest BCUT2D eigenvalue weighted by atomic mass is 10.1. The Morgan fingerprint density at radius 1 is 0.933 bits per heavy atom. The standard InChI is InChI=1S/C21H13Cl2N5O2/c1-11-14-10-15-18(24-21(30)25-19(15)29)27(13-7-8-16(22)17(23)9-13)20(14)28(26-11)12-5-3-2-4-6-12/h2-10H,1H3,(H,25,29,30). The van der Waals surface area contributed by atoms with Gasteiger partial charge in [-0.2, -0.15) is 10.1 Å². The third kappa shape index (κ3) is 2.82. The van der Waals surface area contributed by atoms with Crippen LogP contribution < -0.4 is 11.2 Å². The molecule has 2 aliphatic heterocycles. The first-order chi connectivity index (χ1) is 14.4. The van der Waals surface area contributed by atoms with Crippen molar-refractivity contribution in [2.75, 3.05) is 0 Å². The molecular formula is C21H13Cl2N5O2. The van der Waals surface area contributed by atoms with Crippen LogP contribution in [0.1, 0.15) is 5.69 Å². The van der Waals surface area contributed by atoms with E-state index < -0.39 is 11.2 Å². The van der Waals surface area contributed by atoms with Crippen LogP contribution in [0.15, 0.2) is 64.2 Å². The molecule has 0 aliphatic carbocycles. The van der Waals surface area contributed by atoms with E-state index in [4.69, 9.17) is 23.2 Å². The molecule has 30 heavy (non-hydrogen) atoms. The maximum atomic E-state index is 12.6. The lowest BCUT2D eigenvalue weighted by Gasteiger charge is -2.17. The Hall–Kier alpha value is -3.42. The smallest absolute Gasteiger partial charge is 0.278 e. The predicted molar refractivity (Wildman–Crippen MR) is 116 cm³/mol. The lowest BCUT2D eigenvalue weighted by molar-refractivity contribution is 0.851. The van der Waals surface area contributed by atoms with Gasteiger partial charge in [0.15, 0.2) is 5.82 Å². The molecule has 5 rings (SSSR count). The highest BCUT2D eigenvalue weighted by molar-refractivity contribution is 6.42. The summed E-state index contributed by atoms with van der Waals surface area (Å²) in [7, 11) is 0. The number of halogens is 2. The molecule has 9 heteroatoms. The molecule has 0 saturated heterocycles. The summed E-state index contributed by atoms with van der Waals surface area (Å²) in [5.41, 5.74) is 1.78. The number of nitrogens with one attached hydrogen (secondary N) is 1. The third-order valence-corrected chi connectivity index (χ3v) is 5.61. The summed E-state index contributed by atoms with van der Waals surface area (Å²) < 4.78 is 3.45. The van der Waals surface area contributed by atoms with Crippen molar-refractivity contribution in [3.63, 3.8) is 0 Å². The Kier molecular flexibility index (Phi) is 4.23. The van der Waals surface area contributed by atoms with Crippen molar-refractivity contribution in [1.29, 1.82) is 0 Å². The first kappa shape index (κ1) is 18.6. The number of benzene rings is 2. The first-order valence-corrected chi connectivity index (χ1v) is 9.76. The fraction of sp³-hybridized carbons (Fsp3) is 0.0476. The highest BCUT2D eigenvalue weighted by Crippen LogP contribution is 2.33. The van der Waals surface area contributed by atoms with E-state index in [0.29, 0.717) is 21.4 Å². The molecule has 3 heterocycles. The highest BCUT2D eigenvalue weighted by atomic mass is 35.5. The zero-order chi connectivity index (χ0) is 21.0. The molecule has 1 N–H and O–H groups in total. The van der Waals surface area contributed by atoms with Gasteiger partial charge in [0.1, 0.15) is 5.65 Å². The van der Waals surface area contributed by atoms with Crippen LogP contribution in [0.5, 0.6) is 0 Å². The van der Waals surface area contributed by atoms with E-state index in [2.05, 4.69) is 15.1 Å². The summed E-state index contributed by atoms with van der Waals surface area (Å²) in [5, 5.41) is 6.14. The average molecular weight is 438 g/mol. The molecule has 7 nitrogen and oxygen atoms in total. The molecule has 0 unspecified atom stereocenters. The van der Waals surface area contributed by atoms with Crippen molar-refractivity contribution in [2.45, 2.75) is 6.92 Å². The number of hydrogen-bond donors (Lipinski definition) is 1. The summed E-state index contributed by atoms with van der Waals surface area (Å²) >= 11 is 12.4. The molecule has 0 fully saturated rings. The van der Waals surface area contributed by atoms with Gasteiger partial charge in [-0.25, -0.2) is 9.48 Å². The zero-order valence-electron chi connectivity index (χ0n) is 15.6. The highest BCUT2D eigenvalue weighted by Gasteiger charge is 2.23. The molecule has 0 amide bonds. The topological polar surface area (TPSA) is 85.6 Å². The van der Waals surface area contributed by atoms with Crippen LogP contribution >= 0.6 is 23.2 Å². The Labute approximate surface area is 179 Å². The molecule has 0 atom stereocenters. The quantitative estimate of drug-likeness (QED) is 0.452. The average Bonchev–Trinajstić information content (AvgIpc) is 3.06. The van der Waals surface area contributed by atoms with Gasteiger partial charge in [-0.05, 0) is 43.3 Å². The minimum absolute atomic E-state index is 0.201. The van der Waals surface area contributed by atoms with Crippen molar-refractivity contribution in [3.8, 4) is 22.8 Å². The fourth-order valence-electron chi connectivity index (χ4n) is 3.52. The van der Waals surface area contributed by atoms with Crippen LogP contribution in [-0.4, -0.2) is 24.3 Å². The van der Waals surface area contributed by atoms with Crippen LogP contribution in [0.25, 0.3) is 33.8 Å². The van der Waals surface area contributed by atoms with Gasteiger partial charge in [-0.1, -0.05) is 41.4 Å². The van der Waals surface area contributed by atoms with E-state index in [1.54, 1.807) is 33.5 Å². The second-order valence-electron chi connectivity index (χ2n) is 6.76. The van der Waals surface area contributed by atoms with E-state index in [9.17, 15) is 9.59 Å². The van der Waals surface area contributed by atoms with Crippen molar-refractivity contribution < 1.29 is 0 Å². The van der Waals surface area contributed by atoms with E-state index in [1.807, 2.05) is 37.3 Å². The number of hydrogen-bond acceptors (Lipinski definition) is 4. The van der Waals surface area contributed by atoms with E-state index >= 15 is 0 Å². The minimum Gasteiger partial charge on any atom is -0.278 e. The molecule has 3 aromatic rings. The van der Waals surface area contributed by atoms with Crippen molar-refractivity contribution in [2.24, 2.45) is 0 Å². The summed E-state index contributed by atoms with van der Waals surface area (Å²) in [6.45, 7) is 1.86. The number of aromatic nitrogens is 5. The van der Waals surface area contributed by atoms with Crippen LogP contribution in [-0.2, 0) is 0 Å². The second-order valence-corrected chi connectivity index (χ2v) is 7.57. The maximum Gasteiger partial charge on any atom is 0.349 e. The predicted octanol–water partition coefficient (Wildman–Crippen LogP) is 3.98. The third-order valence-electron chi connectivity index (χ3n) is 4.87. The SMILES string of the molecule is Cc1nn(-c2ccccc2)c2c1cc1c(=O)[nH]c(=O)nc-1n2-c1ccc(Cl)c(Cl)c1. The molecule has 2 aromatic carbocycles. The number of H-pyrrole nitrogens is 1. The molecular weight excluding hydrogens is 425 g/mol. The second kappa shape index (κ2) is 6.83. The van der Waals surface area contributed by atoms with Gasteiger partial charge >= 0.3 is 5.69 Å². The van der Waals surface area contributed by atoms with Crippen molar-refractivity contribution in [1.82, 2.24) is 24.3 Å². The summed E-state index contributed by atoms with van der Waals surface area (Å²) in [4.78, 5) is 30.9. The van der Waals surface area contributed by atoms with E-state index in [-0.39, 0.29) is 11.4 Å². The molecule has 0 spiro atoms. The summed E-state index contributed by atoms with van der Waals surface area (Å²) in [6, 6.07) is 16.3. The molecule has 0 saturated carbocycles. The van der Waals surface area contributed by atoms with Gasteiger partial charge in [0.05, 0.1) is 32.7 Å². The normalized spacial score (nSPS) is 11.4. The number of aryl methyl sites for hydroxylation is 1. The Morgan fingerprint density at radius 2 is 1.70 bits per heavy atom. The lowest BCUT2D eigenvalue weighted by Crippen LogP contribution is -2.27. The first-order valence-electron chi connectivity index (χ1n) is 9.00. The van der Waals surface area contributed by atoms with E-state index in [1.165, 1.54) is 0 Å². The maximum absolute atomic E-state index is 12.6. The van der Waals surface area contributed by atoms with Crippen LogP contribution in [0.3, 0.4) is 0 Å². The summed E-state index contributed by atoms with van der Waals surface area (Å²) in [5.74, 6) is 0.201. The van der Waals surface area contributed by atoms with Gasteiger partial charge in [-0.15, -0.1) is 0 Å². The fourth-order valence-corrected chi connectivity index (χ4v) is 3.82. The van der Waals surface area contributed by atoms with Gasteiger partial charge < -0.3 is 0 Å². The molecule has 0 bridgehead atoms. The van der Waals surface area contributed by atoms with Crippen LogP contribution in [0.4, 0.5) is 0 Å². The van der Waals surface area contributed by atoms with Gasteiger partial charge in [-0.3, -0.25) is 14.3 Å². The molecule has 1 aromatic heterocycles. The number of aromatic amines is 1. The Bertz CT molecular complexity index is 1520. The Balaban J connectivity index is 2.03. The molecule has 148 valence electrons. The largest absolute Gasteiger partial charge is 0.349 e. The molecule has 0 radical (unpaired) electrons. The van der Waals surface area contributed by atoms with Crippen LogP contribution in [0.2, 0.25) is 10.0 Å². The Morgan fingerprint density at radius 3 is 2.43 bits per heavy atom. The van der Waals surface area contributed by atoms with Crippen molar-refractivity contribution in [3.05, 3.63) is 91.2 Å². The summed E-state index contributed by atoms with van der Waals surface area (Å²) in [6.07, 6.45) is 0. The minimum atomic E-state index is -0.733. The number of fused-ring (bicyclic) bond motifs is 2. The van der Waals surface area contributed by atoms with Gasteiger partial charge in [0, 0.05) is 5.39 Å². The number of nitrogens with zero attached hydrogens (tertiary/aromatic N) is 4. The monoisotopic (exact) mass is 437 g/mol. The number of rotatable bonds is 2. The van der Waals surface area contributed by atoms with E-state index in [0.717, 1.165) is 16.8 Å². The number of para-hydroxylation sites is 1. The zero-order valence-corrected chi connectivity index (χ0v) is 17.1. The van der Waals surface area contributed by atoms with Gasteiger partial charge in [0.25, 0.3) is 5.56 Å². The molecule has 2 aliphatic rings.